The molecule has 1 fully saturated rings. The number of fused-ring (bicyclic) bond motifs is 1. The van der Waals surface area contributed by atoms with Gasteiger partial charge in [-0.2, -0.15) is 0 Å². The van der Waals surface area contributed by atoms with Gasteiger partial charge < -0.3 is 19.5 Å². The van der Waals surface area contributed by atoms with Crippen LogP contribution in [-0.2, 0) is 16.1 Å². The number of rotatable bonds is 7. The highest BCUT2D eigenvalue weighted by Crippen LogP contribution is 2.35. The molecule has 1 saturated heterocycles. The molecule has 3 aromatic carbocycles. The van der Waals surface area contributed by atoms with Crippen LogP contribution in [0.3, 0.4) is 0 Å². The number of thioether (sulfide) groups is 1. The summed E-state index contributed by atoms with van der Waals surface area (Å²) in [5, 5.41) is 3.19. The highest BCUT2D eigenvalue weighted by Gasteiger charge is 2.36. The molecule has 2 amide bonds. The van der Waals surface area contributed by atoms with Crippen LogP contribution in [0.4, 0.5) is 11.4 Å². The van der Waals surface area contributed by atoms with Crippen molar-refractivity contribution in [2.45, 2.75) is 25.1 Å². The van der Waals surface area contributed by atoms with E-state index < -0.39 is 5.25 Å². The Morgan fingerprint density at radius 2 is 1.97 bits per heavy atom. The van der Waals surface area contributed by atoms with Gasteiger partial charge in [-0.05, 0) is 55.0 Å². The number of benzene rings is 3. The largest absolute Gasteiger partial charge is 0.494 e. The first kappa shape index (κ1) is 25.0. The highest BCUT2D eigenvalue weighted by molar-refractivity contribution is 8.15. The van der Waals surface area contributed by atoms with Crippen LogP contribution in [0.2, 0.25) is 5.02 Å². The number of ether oxygens (including phenoxy) is 3. The smallest absolute Gasteiger partial charge is 0.238 e. The summed E-state index contributed by atoms with van der Waals surface area (Å²) in [6.07, 6.45) is 0.0285. The molecule has 37 heavy (non-hydrogen) atoms. The minimum Gasteiger partial charge on any atom is -0.494 e. The molecule has 3 aromatic rings. The second-order valence-electron chi connectivity index (χ2n) is 8.30. The molecule has 2 aliphatic heterocycles. The molecule has 0 bridgehead atoms. The lowest BCUT2D eigenvalue weighted by Gasteiger charge is -2.32. The zero-order chi connectivity index (χ0) is 25.8. The number of amidine groups is 1. The molecular formula is C27H24ClN3O5S. The van der Waals surface area contributed by atoms with Crippen molar-refractivity contribution < 1.29 is 23.8 Å². The van der Waals surface area contributed by atoms with Gasteiger partial charge >= 0.3 is 0 Å². The van der Waals surface area contributed by atoms with E-state index in [1.807, 2.05) is 31.2 Å². The average molecular weight is 538 g/mol. The molecule has 2 heterocycles. The van der Waals surface area contributed by atoms with E-state index >= 15 is 0 Å². The Morgan fingerprint density at radius 3 is 2.81 bits per heavy atom. The predicted molar refractivity (Wildman–Crippen MR) is 144 cm³/mol. The summed E-state index contributed by atoms with van der Waals surface area (Å²) in [5.41, 5.74) is 2.04. The molecule has 1 N–H and O–H groups in total. The summed E-state index contributed by atoms with van der Waals surface area (Å²) in [5.74, 6) is 1.47. The lowest BCUT2D eigenvalue weighted by molar-refractivity contribution is -0.129. The van der Waals surface area contributed by atoms with Gasteiger partial charge in [0.1, 0.15) is 11.0 Å². The van der Waals surface area contributed by atoms with Gasteiger partial charge in [0.15, 0.2) is 16.7 Å². The number of nitrogens with zero attached hydrogens (tertiary/aromatic N) is 2. The number of hydrogen-bond acceptors (Lipinski definition) is 7. The van der Waals surface area contributed by atoms with E-state index in [-0.39, 0.29) is 31.6 Å². The third-order valence-electron chi connectivity index (χ3n) is 5.66. The summed E-state index contributed by atoms with van der Waals surface area (Å²) >= 11 is 7.40. The van der Waals surface area contributed by atoms with E-state index in [1.54, 1.807) is 47.4 Å². The number of amides is 2. The first-order valence-electron chi connectivity index (χ1n) is 11.7. The summed E-state index contributed by atoms with van der Waals surface area (Å²) < 4.78 is 16.4. The van der Waals surface area contributed by atoms with Crippen LogP contribution in [0, 0.1) is 0 Å². The number of aliphatic imine (C=N–C) groups is 1. The van der Waals surface area contributed by atoms with Gasteiger partial charge in [-0.1, -0.05) is 41.6 Å². The monoisotopic (exact) mass is 537 g/mol. The first-order chi connectivity index (χ1) is 18.0. The van der Waals surface area contributed by atoms with Crippen LogP contribution in [0.5, 0.6) is 17.2 Å². The molecule has 10 heteroatoms. The van der Waals surface area contributed by atoms with Crippen molar-refractivity contribution in [3.05, 3.63) is 77.3 Å². The molecule has 0 saturated carbocycles. The fraction of sp³-hybridized carbons (Fsp3) is 0.222. The number of carbonyl (C=O) groups excluding carboxylic acids is 2. The summed E-state index contributed by atoms with van der Waals surface area (Å²) in [4.78, 5) is 32.8. The van der Waals surface area contributed by atoms with E-state index in [2.05, 4.69) is 5.32 Å². The molecular weight excluding hydrogens is 514 g/mol. The van der Waals surface area contributed by atoms with Gasteiger partial charge in [0.25, 0.3) is 0 Å². The molecule has 190 valence electrons. The maximum atomic E-state index is 13.4. The van der Waals surface area contributed by atoms with Crippen LogP contribution < -0.4 is 19.5 Å². The predicted octanol–water partition coefficient (Wildman–Crippen LogP) is 5.63. The van der Waals surface area contributed by atoms with Crippen molar-refractivity contribution in [2.75, 3.05) is 18.7 Å². The third-order valence-corrected chi connectivity index (χ3v) is 7.08. The zero-order valence-corrected chi connectivity index (χ0v) is 21.6. The Morgan fingerprint density at radius 1 is 1.14 bits per heavy atom. The maximum Gasteiger partial charge on any atom is 0.238 e. The van der Waals surface area contributed by atoms with Gasteiger partial charge in [0, 0.05) is 23.2 Å². The summed E-state index contributed by atoms with van der Waals surface area (Å²) in [6.45, 7) is 2.86. The molecule has 2 aliphatic rings. The average Bonchev–Trinajstić information content (AvgIpc) is 3.34. The highest BCUT2D eigenvalue weighted by atomic mass is 35.5. The van der Waals surface area contributed by atoms with Crippen molar-refractivity contribution in [1.82, 2.24) is 4.90 Å². The lowest BCUT2D eigenvalue weighted by atomic mass is 10.1. The number of anilines is 1. The fourth-order valence-corrected chi connectivity index (χ4v) is 5.21. The lowest BCUT2D eigenvalue weighted by Crippen LogP contribution is -2.44. The molecule has 0 spiro atoms. The Hall–Kier alpha value is -3.69. The van der Waals surface area contributed by atoms with Crippen molar-refractivity contribution in [3.8, 4) is 17.2 Å². The van der Waals surface area contributed by atoms with Crippen LogP contribution in [0.25, 0.3) is 0 Å². The van der Waals surface area contributed by atoms with E-state index in [0.29, 0.717) is 45.4 Å². The molecule has 0 aliphatic carbocycles. The fourth-order valence-electron chi connectivity index (χ4n) is 3.93. The molecule has 1 unspecified atom stereocenters. The van der Waals surface area contributed by atoms with E-state index in [0.717, 1.165) is 5.56 Å². The Kier molecular flexibility index (Phi) is 7.52. The summed E-state index contributed by atoms with van der Waals surface area (Å²) in [6, 6.07) is 19.8. The van der Waals surface area contributed by atoms with E-state index in [9.17, 15) is 9.59 Å². The normalized spacial score (nSPS) is 17.7. The van der Waals surface area contributed by atoms with Gasteiger partial charge in [-0.25, -0.2) is 4.99 Å². The quantitative estimate of drug-likeness (QED) is 0.420. The Balaban J connectivity index is 1.39. The maximum absolute atomic E-state index is 13.4. The van der Waals surface area contributed by atoms with Crippen molar-refractivity contribution >= 4 is 51.7 Å². The standard InChI is InChI=1S/C27H24ClN3O5S/c1-2-34-21-8-4-7-20(13-21)29-26(33)24-14-25(32)31(15-17-9-10-22-23(11-17)36-16-35-22)27(37-24)30-19-6-3-5-18(28)12-19/h3-13,24H,2,14-16H2,1H3,(H,29,33). The van der Waals surface area contributed by atoms with Crippen LogP contribution in [0.1, 0.15) is 18.9 Å². The molecule has 5 rings (SSSR count). The Bertz CT molecular complexity index is 1370. The van der Waals surface area contributed by atoms with Crippen LogP contribution in [-0.4, -0.2) is 40.5 Å². The summed E-state index contributed by atoms with van der Waals surface area (Å²) in [7, 11) is 0. The van der Waals surface area contributed by atoms with E-state index in [4.69, 9.17) is 30.8 Å². The second kappa shape index (κ2) is 11.1. The van der Waals surface area contributed by atoms with Gasteiger partial charge in [-0.3, -0.25) is 14.5 Å². The topological polar surface area (TPSA) is 89.5 Å². The van der Waals surface area contributed by atoms with Crippen molar-refractivity contribution in [3.63, 3.8) is 0 Å². The number of hydrogen-bond donors (Lipinski definition) is 1. The molecule has 0 aromatic heterocycles. The van der Waals surface area contributed by atoms with E-state index in [1.165, 1.54) is 11.8 Å². The Labute approximate surface area is 223 Å². The number of carbonyl (C=O) groups is 2. The minimum atomic E-state index is -0.658. The van der Waals surface area contributed by atoms with Crippen LogP contribution in [0.15, 0.2) is 71.7 Å². The van der Waals surface area contributed by atoms with Crippen molar-refractivity contribution in [2.24, 2.45) is 4.99 Å². The van der Waals surface area contributed by atoms with Gasteiger partial charge in [0.05, 0.1) is 18.8 Å². The zero-order valence-electron chi connectivity index (χ0n) is 20.0. The minimum absolute atomic E-state index is 0.0285. The van der Waals surface area contributed by atoms with Gasteiger partial charge in [0.2, 0.25) is 18.6 Å². The number of halogens is 1. The van der Waals surface area contributed by atoms with Gasteiger partial charge in [-0.15, -0.1) is 0 Å². The molecule has 1 atom stereocenters. The first-order valence-corrected chi connectivity index (χ1v) is 13.0. The number of nitrogens with one attached hydrogen (secondary N) is 1. The third kappa shape index (κ3) is 6.00. The second-order valence-corrected chi connectivity index (χ2v) is 9.91. The molecule has 0 radical (unpaired) electrons. The SMILES string of the molecule is CCOc1cccc(NC(=O)C2CC(=O)N(Cc3ccc4c(c3)OCO4)C(=Nc3cccc(Cl)c3)S2)c1. The van der Waals surface area contributed by atoms with Crippen molar-refractivity contribution in [1.29, 1.82) is 0 Å². The van der Waals surface area contributed by atoms with Crippen LogP contribution >= 0.6 is 23.4 Å². The molecule has 8 nitrogen and oxygen atoms in total.